The van der Waals surface area contributed by atoms with Gasteiger partial charge in [-0.1, -0.05) is 23.1 Å². The number of halogens is 3. The van der Waals surface area contributed by atoms with E-state index in [9.17, 15) is 9.59 Å². The lowest BCUT2D eigenvalue weighted by atomic mass is 10.1. The number of hydrogen-bond acceptors (Lipinski definition) is 20. The first-order chi connectivity index (χ1) is 39.3. The molecule has 1 atom stereocenters. The summed E-state index contributed by atoms with van der Waals surface area (Å²) in [4.78, 5) is 68.5. The Balaban J connectivity index is 0.646. The van der Waals surface area contributed by atoms with Crippen LogP contribution in [0.3, 0.4) is 0 Å². The monoisotopic (exact) mass is 1100 g/mol. The van der Waals surface area contributed by atoms with Crippen molar-refractivity contribution < 1.29 is 32.2 Å². The molecule has 0 radical (unpaired) electrons. The summed E-state index contributed by atoms with van der Waals surface area (Å²) in [6, 6.07) is 15.9. The lowest BCUT2D eigenvalue weighted by Gasteiger charge is -2.34. The van der Waals surface area contributed by atoms with E-state index in [2.05, 4.69) is 67.7 Å². The van der Waals surface area contributed by atoms with Gasteiger partial charge in [-0.15, -0.1) is 10.2 Å². The molecule has 2 fully saturated rings. The van der Waals surface area contributed by atoms with Crippen LogP contribution in [0.5, 0.6) is 23.0 Å². The van der Waals surface area contributed by atoms with E-state index in [1.807, 2.05) is 9.80 Å². The van der Waals surface area contributed by atoms with Gasteiger partial charge >= 0.3 is 0 Å². The van der Waals surface area contributed by atoms with E-state index < -0.39 is 17.5 Å². The second kappa shape index (κ2) is 21.4. The predicted octanol–water partition coefficient (Wildman–Crippen LogP) is 7.11. The maximum absolute atomic E-state index is 16.1. The van der Waals surface area contributed by atoms with Gasteiger partial charge in [0.1, 0.15) is 63.0 Å². The van der Waals surface area contributed by atoms with Crippen LogP contribution in [0.1, 0.15) is 12.0 Å². The summed E-state index contributed by atoms with van der Waals surface area (Å²) in [5.41, 5.74) is 4.21. The van der Waals surface area contributed by atoms with Crippen molar-refractivity contribution >= 4 is 90.9 Å². The Morgan fingerprint density at radius 1 is 0.704 bits per heavy atom. The Bertz CT molecular complexity index is 4150. The molecule has 24 nitrogen and oxygen atoms in total. The molecule has 0 aliphatic carbocycles. The Kier molecular flexibility index (Phi) is 13.6. The van der Waals surface area contributed by atoms with Crippen molar-refractivity contribution in [3.8, 4) is 23.0 Å². The van der Waals surface area contributed by atoms with Gasteiger partial charge in [0.25, 0.3) is 0 Å². The second-order valence-electron chi connectivity index (χ2n) is 19.0. The average Bonchev–Trinajstić information content (AvgIpc) is 4.29. The molecule has 2 aliphatic heterocycles. The van der Waals surface area contributed by atoms with Crippen molar-refractivity contribution in [2.75, 3.05) is 66.7 Å². The Labute approximate surface area is 457 Å². The molecule has 27 heteroatoms. The van der Waals surface area contributed by atoms with Crippen LogP contribution < -0.4 is 29.9 Å². The molecule has 1 unspecified atom stereocenters. The van der Waals surface area contributed by atoms with Gasteiger partial charge in [0, 0.05) is 77.1 Å². The van der Waals surface area contributed by atoms with Crippen LogP contribution in [-0.4, -0.2) is 144 Å². The molecule has 6 aromatic heterocycles. The molecule has 2 N–H and O–H groups in total. The summed E-state index contributed by atoms with van der Waals surface area (Å²) in [7, 11) is 3.49. The molecule has 4 aromatic carbocycles. The molecule has 2 aliphatic rings. The Morgan fingerprint density at radius 3 is 1.99 bits per heavy atom. The Hall–Kier alpha value is -10.5. The number of aromatic nitrogens is 14. The molecule has 0 spiro atoms. The number of piperazine rings is 1. The van der Waals surface area contributed by atoms with Crippen LogP contribution in [0.25, 0.3) is 44.1 Å². The van der Waals surface area contributed by atoms with Gasteiger partial charge in [-0.05, 0) is 68.0 Å². The summed E-state index contributed by atoms with van der Waals surface area (Å²) in [6.45, 7) is 8.20. The normalized spacial score (nSPS) is 14.6. The number of rotatable bonds is 15. The highest BCUT2D eigenvalue weighted by Gasteiger charge is 2.30. The van der Waals surface area contributed by atoms with E-state index in [1.54, 1.807) is 101 Å². The van der Waals surface area contributed by atoms with Crippen LogP contribution in [0, 0.1) is 24.4 Å². The highest BCUT2D eigenvalue weighted by molar-refractivity contribution is 5.90. The number of nitrogens with zero attached hydrogens (tertiary/aromatic N) is 18. The number of anilines is 6. The van der Waals surface area contributed by atoms with Crippen molar-refractivity contribution in [1.29, 1.82) is 0 Å². The minimum Gasteiger partial charge on any atom is -0.457 e. The molecule has 8 heterocycles. The van der Waals surface area contributed by atoms with Gasteiger partial charge in [-0.3, -0.25) is 9.59 Å². The van der Waals surface area contributed by atoms with Crippen LogP contribution in [0.4, 0.5) is 48.1 Å². The summed E-state index contributed by atoms with van der Waals surface area (Å²) < 4.78 is 62.0. The zero-order valence-electron chi connectivity index (χ0n) is 43.6. The molecule has 12 rings (SSSR count). The highest BCUT2D eigenvalue weighted by Crippen LogP contribution is 2.36. The van der Waals surface area contributed by atoms with Gasteiger partial charge in [0.2, 0.25) is 29.5 Å². The number of aryl methyl sites for hydroxylation is 1. The van der Waals surface area contributed by atoms with Crippen molar-refractivity contribution in [3.05, 3.63) is 134 Å². The standard InChI is InChI=1S/C54H47F3N20O4/c1-5-44(78)72(3)31-16-18-76(27-31)54-59-26-39-50(67-54)51(62-28-61-39)64-34-10-14-42(30(2)46(34)55)80-32-9-13-41-37(24-32)69-71-77(41)17-6-7-45(79)74-19-21-75(22-20-74)53-58-25-38-49(66-53)52(63-29-60-38)65-35-11-15-43(48(57)47(35)56)81-33-8-12-40-36(23-33)68-70-73(40)4/h5-15,23-26,28-29,31H,1,16-22,27H2,2-4H3,(H,60,63,65)(H,61,62,64)/b7-6+. The molecular formula is C54H47F3N20O4. The highest BCUT2D eigenvalue weighted by atomic mass is 19.2. The summed E-state index contributed by atoms with van der Waals surface area (Å²) >= 11 is 0. The van der Waals surface area contributed by atoms with E-state index in [0.717, 1.165) is 11.9 Å². The van der Waals surface area contributed by atoms with Gasteiger partial charge < -0.3 is 39.7 Å². The predicted molar refractivity (Wildman–Crippen MR) is 292 cm³/mol. The quantitative estimate of drug-likeness (QED) is 0.0970. The van der Waals surface area contributed by atoms with Crippen LogP contribution in [-0.2, 0) is 23.2 Å². The molecule has 10 aromatic rings. The SMILES string of the molecule is C=CC(=O)N(C)C1CCN(c2ncc3ncnc(Nc4ccc(Oc5ccc6c(c5)nnn6C/C=C/C(=O)N5CCN(c6ncc7ncnc(Nc8ccc(Oc9ccc%10c(c9)nnn%10C)c(F)c8F)c7n6)CC5)c(C)c4F)c3n2)C1. The number of amides is 2. The van der Waals surface area contributed by atoms with Gasteiger partial charge in [0.15, 0.2) is 29.0 Å². The largest absolute Gasteiger partial charge is 0.457 e. The first kappa shape index (κ1) is 51.3. The fourth-order valence-corrected chi connectivity index (χ4v) is 9.55. The smallest absolute Gasteiger partial charge is 0.246 e. The molecule has 2 amide bonds. The van der Waals surface area contributed by atoms with Crippen molar-refractivity contribution in [2.24, 2.45) is 7.05 Å². The van der Waals surface area contributed by atoms with Crippen molar-refractivity contribution in [3.63, 3.8) is 0 Å². The van der Waals surface area contributed by atoms with Crippen LogP contribution in [0.15, 0.2) is 111 Å². The average molecular weight is 1100 g/mol. The van der Waals surface area contributed by atoms with Gasteiger partial charge in [0.05, 0.1) is 47.4 Å². The minimum absolute atomic E-state index is 0.0303. The fraction of sp³-hybridized carbons (Fsp3) is 0.222. The molecular weight excluding hydrogens is 1050 g/mol. The maximum Gasteiger partial charge on any atom is 0.246 e. The van der Waals surface area contributed by atoms with E-state index in [4.69, 9.17) is 19.4 Å². The molecule has 408 valence electrons. The van der Waals surface area contributed by atoms with Crippen molar-refractivity contribution in [1.82, 2.24) is 79.7 Å². The van der Waals surface area contributed by atoms with Crippen LogP contribution in [0.2, 0.25) is 0 Å². The van der Waals surface area contributed by atoms with Gasteiger partial charge in [-0.2, -0.15) is 4.39 Å². The Morgan fingerprint density at radius 2 is 1.31 bits per heavy atom. The van der Waals surface area contributed by atoms with E-state index in [-0.39, 0.29) is 75.7 Å². The number of carbonyl (C=O) groups is 2. The fourth-order valence-electron chi connectivity index (χ4n) is 9.55. The van der Waals surface area contributed by atoms with Crippen LogP contribution >= 0.6 is 0 Å². The number of hydrogen-bond donors (Lipinski definition) is 2. The third kappa shape index (κ3) is 10.2. The number of likely N-dealkylation sites (N-methyl/N-ethyl adjacent to an activating group) is 1. The number of allylic oxidation sites excluding steroid dienone is 1. The number of fused-ring (bicyclic) bond motifs is 4. The molecule has 0 saturated carbocycles. The number of carbonyl (C=O) groups excluding carboxylic acids is 2. The third-order valence-corrected chi connectivity index (χ3v) is 14.1. The second-order valence-corrected chi connectivity index (χ2v) is 19.0. The zero-order chi connectivity index (χ0) is 55.9. The first-order valence-electron chi connectivity index (χ1n) is 25.5. The number of ether oxygens (including phenoxy) is 2. The number of nitrogens with one attached hydrogen (secondary N) is 2. The molecule has 0 bridgehead atoms. The number of benzene rings is 4. The minimum atomic E-state index is -1.21. The zero-order valence-corrected chi connectivity index (χ0v) is 43.6. The van der Waals surface area contributed by atoms with Gasteiger partial charge in [-0.25, -0.2) is 58.0 Å². The summed E-state index contributed by atoms with van der Waals surface area (Å²) in [5, 5.41) is 22.5. The third-order valence-electron chi connectivity index (χ3n) is 14.1. The molecule has 2 saturated heterocycles. The van der Waals surface area contributed by atoms with E-state index in [1.165, 1.54) is 43.1 Å². The first-order valence-corrected chi connectivity index (χ1v) is 25.5. The topological polar surface area (TPSA) is 254 Å². The summed E-state index contributed by atoms with van der Waals surface area (Å²) in [6.07, 6.45) is 11.0. The van der Waals surface area contributed by atoms with E-state index in [0.29, 0.717) is 90.0 Å². The summed E-state index contributed by atoms with van der Waals surface area (Å²) in [5.74, 6) is -1.47. The van der Waals surface area contributed by atoms with E-state index >= 15 is 13.2 Å². The molecule has 81 heavy (non-hydrogen) atoms. The maximum atomic E-state index is 16.1. The van der Waals surface area contributed by atoms with Crippen molar-refractivity contribution in [2.45, 2.75) is 25.9 Å². The lowest BCUT2D eigenvalue weighted by molar-refractivity contribution is -0.127. The lowest BCUT2D eigenvalue weighted by Crippen LogP contribution is -2.48.